The lowest BCUT2D eigenvalue weighted by Gasteiger charge is -2.27. The number of amides is 1. The fraction of sp³-hybridized carbons (Fsp3) is 0.296. The number of hydrogen-bond donors (Lipinski definition) is 1. The molecule has 1 N–H and O–H groups in total. The molecule has 0 aliphatic carbocycles. The number of anilines is 1. The van der Waals surface area contributed by atoms with Gasteiger partial charge in [-0.25, -0.2) is 8.42 Å². The molecule has 33 heavy (non-hydrogen) atoms. The maximum absolute atomic E-state index is 13.6. The summed E-state index contributed by atoms with van der Waals surface area (Å²) >= 11 is 0. The van der Waals surface area contributed by atoms with E-state index in [4.69, 9.17) is 0 Å². The molecule has 1 atom stereocenters. The van der Waals surface area contributed by atoms with E-state index in [1.54, 1.807) is 30.3 Å². The summed E-state index contributed by atoms with van der Waals surface area (Å²) in [4.78, 5) is 13.3. The van der Waals surface area contributed by atoms with Crippen molar-refractivity contribution in [2.45, 2.75) is 52.0 Å². The zero-order chi connectivity index (χ0) is 24.2. The first-order valence-electron chi connectivity index (χ1n) is 11.1. The summed E-state index contributed by atoms with van der Waals surface area (Å²) in [5.74, 6) is -0.349. The van der Waals surface area contributed by atoms with Crippen LogP contribution in [-0.2, 0) is 14.8 Å². The monoisotopic (exact) mass is 464 g/mol. The first kappa shape index (κ1) is 24.5. The summed E-state index contributed by atoms with van der Waals surface area (Å²) < 4.78 is 28.5. The van der Waals surface area contributed by atoms with Crippen LogP contribution in [0.4, 0.5) is 5.69 Å². The molecule has 0 spiro atoms. The lowest BCUT2D eigenvalue weighted by molar-refractivity contribution is -0.120. The summed E-state index contributed by atoms with van der Waals surface area (Å²) in [6, 6.07) is 20.0. The summed E-state index contributed by atoms with van der Waals surface area (Å²) in [6.45, 7) is 9.43. The molecule has 3 rings (SSSR count). The number of carbonyl (C=O) groups is 1. The average Bonchev–Trinajstić information content (AvgIpc) is 2.77. The number of nitrogens with one attached hydrogen (secondary N) is 1. The first-order chi connectivity index (χ1) is 15.6. The van der Waals surface area contributed by atoms with E-state index < -0.39 is 10.0 Å². The van der Waals surface area contributed by atoms with Gasteiger partial charge in [0.25, 0.3) is 10.0 Å². The number of carbonyl (C=O) groups excluding carboxylic acids is 1. The van der Waals surface area contributed by atoms with Gasteiger partial charge >= 0.3 is 0 Å². The van der Waals surface area contributed by atoms with Crippen LogP contribution in [0.3, 0.4) is 0 Å². The second-order valence-electron chi connectivity index (χ2n) is 8.55. The lowest BCUT2D eigenvalue weighted by Crippen LogP contribution is -2.42. The molecule has 5 nitrogen and oxygen atoms in total. The maximum Gasteiger partial charge on any atom is 0.264 e. The van der Waals surface area contributed by atoms with Gasteiger partial charge in [0, 0.05) is 0 Å². The molecule has 0 saturated carbocycles. The molecule has 0 radical (unpaired) electrons. The van der Waals surface area contributed by atoms with Gasteiger partial charge in [-0.3, -0.25) is 9.10 Å². The van der Waals surface area contributed by atoms with Gasteiger partial charge < -0.3 is 5.32 Å². The third kappa shape index (κ3) is 5.82. The molecular formula is C27H32N2O3S. The van der Waals surface area contributed by atoms with Crippen molar-refractivity contribution in [2.75, 3.05) is 10.8 Å². The van der Waals surface area contributed by atoms with E-state index in [1.165, 1.54) is 4.31 Å². The van der Waals surface area contributed by atoms with Crippen LogP contribution >= 0.6 is 0 Å². The largest absolute Gasteiger partial charge is 0.348 e. The molecule has 0 aromatic heterocycles. The van der Waals surface area contributed by atoms with Gasteiger partial charge in [0.15, 0.2) is 0 Å². The molecule has 1 amide bonds. The SMILES string of the molecule is CC[C@H](NC(=O)CN(c1ccc(C)cc1C)S(=O)(=O)c1ccc(C)cc1)c1ccc(C)cc1. The number of rotatable bonds is 8. The van der Waals surface area contributed by atoms with Gasteiger partial charge in [-0.1, -0.05) is 72.1 Å². The molecule has 6 heteroatoms. The molecular weight excluding hydrogens is 432 g/mol. The number of sulfonamides is 1. The highest BCUT2D eigenvalue weighted by Gasteiger charge is 2.29. The van der Waals surface area contributed by atoms with E-state index >= 15 is 0 Å². The minimum Gasteiger partial charge on any atom is -0.348 e. The Morgan fingerprint density at radius 2 is 1.39 bits per heavy atom. The van der Waals surface area contributed by atoms with Gasteiger partial charge in [0.1, 0.15) is 6.54 Å². The van der Waals surface area contributed by atoms with Gasteiger partial charge in [-0.2, -0.15) is 0 Å². The molecule has 0 aliphatic rings. The van der Waals surface area contributed by atoms with Crippen molar-refractivity contribution in [3.8, 4) is 0 Å². The third-order valence-electron chi connectivity index (χ3n) is 5.74. The van der Waals surface area contributed by atoms with Crippen LogP contribution in [0.5, 0.6) is 0 Å². The lowest BCUT2D eigenvalue weighted by atomic mass is 10.0. The van der Waals surface area contributed by atoms with Crippen LogP contribution in [0.25, 0.3) is 0 Å². The quantitative estimate of drug-likeness (QED) is 0.486. The number of hydrogen-bond acceptors (Lipinski definition) is 3. The van der Waals surface area contributed by atoms with Crippen molar-refractivity contribution in [1.82, 2.24) is 5.32 Å². The molecule has 0 aliphatic heterocycles. The Morgan fingerprint density at radius 3 is 1.94 bits per heavy atom. The van der Waals surface area contributed by atoms with E-state index in [2.05, 4.69) is 5.32 Å². The van der Waals surface area contributed by atoms with Crippen molar-refractivity contribution in [1.29, 1.82) is 0 Å². The molecule has 3 aromatic rings. The predicted octanol–water partition coefficient (Wildman–Crippen LogP) is 5.38. The molecule has 0 unspecified atom stereocenters. The Bertz CT molecular complexity index is 1220. The van der Waals surface area contributed by atoms with E-state index in [1.807, 2.05) is 71.0 Å². The Kier molecular flexibility index (Phi) is 7.59. The highest BCUT2D eigenvalue weighted by atomic mass is 32.2. The number of benzene rings is 3. The van der Waals surface area contributed by atoms with Crippen LogP contribution in [0.15, 0.2) is 71.6 Å². The predicted molar refractivity (Wildman–Crippen MR) is 134 cm³/mol. The highest BCUT2D eigenvalue weighted by molar-refractivity contribution is 7.92. The number of aryl methyl sites for hydroxylation is 4. The molecule has 174 valence electrons. The Balaban J connectivity index is 1.94. The van der Waals surface area contributed by atoms with Crippen LogP contribution in [0.2, 0.25) is 0 Å². The fourth-order valence-electron chi connectivity index (χ4n) is 3.81. The van der Waals surface area contributed by atoms with Crippen LogP contribution in [0.1, 0.15) is 47.2 Å². The van der Waals surface area contributed by atoms with Crippen LogP contribution < -0.4 is 9.62 Å². The van der Waals surface area contributed by atoms with Crippen LogP contribution in [-0.4, -0.2) is 20.9 Å². The fourth-order valence-corrected chi connectivity index (χ4v) is 5.30. The molecule has 0 fully saturated rings. The van der Waals surface area contributed by atoms with Crippen molar-refractivity contribution >= 4 is 21.6 Å². The zero-order valence-electron chi connectivity index (χ0n) is 19.9. The van der Waals surface area contributed by atoms with Crippen molar-refractivity contribution < 1.29 is 13.2 Å². The zero-order valence-corrected chi connectivity index (χ0v) is 20.7. The maximum atomic E-state index is 13.6. The topological polar surface area (TPSA) is 66.5 Å². The second-order valence-corrected chi connectivity index (χ2v) is 10.4. The normalized spacial score (nSPS) is 12.3. The molecule has 0 saturated heterocycles. The minimum atomic E-state index is -3.94. The van der Waals surface area contributed by atoms with Gasteiger partial charge in [-0.15, -0.1) is 0 Å². The van der Waals surface area contributed by atoms with Crippen molar-refractivity contribution in [2.24, 2.45) is 0 Å². The number of nitrogens with zero attached hydrogens (tertiary/aromatic N) is 1. The van der Waals surface area contributed by atoms with Crippen molar-refractivity contribution in [3.05, 3.63) is 94.5 Å². The van der Waals surface area contributed by atoms with E-state index in [9.17, 15) is 13.2 Å². The molecule has 3 aromatic carbocycles. The van der Waals surface area contributed by atoms with Crippen molar-refractivity contribution in [3.63, 3.8) is 0 Å². The van der Waals surface area contributed by atoms with E-state index in [0.29, 0.717) is 12.1 Å². The Labute approximate surface area is 197 Å². The van der Waals surface area contributed by atoms with Crippen LogP contribution in [0, 0.1) is 27.7 Å². The molecule has 0 heterocycles. The summed E-state index contributed by atoms with van der Waals surface area (Å²) in [6.07, 6.45) is 0.697. The summed E-state index contributed by atoms with van der Waals surface area (Å²) in [7, 11) is -3.94. The Morgan fingerprint density at radius 1 is 0.848 bits per heavy atom. The van der Waals surface area contributed by atoms with E-state index in [-0.39, 0.29) is 23.4 Å². The highest BCUT2D eigenvalue weighted by Crippen LogP contribution is 2.28. The smallest absolute Gasteiger partial charge is 0.264 e. The van der Waals surface area contributed by atoms with Gasteiger partial charge in [0.05, 0.1) is 16.6 Å². The van der Waals surface area contributed by atoms with Gasteiger partial charge in [-0.05, 0) is 63.4 Å². The summed E-state index contributed by atoms with van der Waals surface area (Å²) in [5.41, 5.74) is 5.43. The first-order valence-corrected chi connectivity index (χ1v) is 12.6. The standard InChI is InChI=1S/C27H32N2O3S/c1-6-25(23-12-7-19(2)8-13-23)28-27(30)18-29(26-16-11-21(4)17-22(26)5)33(31,32)24-14-9-20(3)10-15-24/h7-17,25H,6,18H2,1-5H3,(H,28,30)/t25-/m0/s1. The average molecular weight is 465 g/mol. The summed E-state index contributed by atoms with van der Waals surface area (Å²) in [5, 5.41) is 3.02. The second kappa shape index (κ2) is 10.2. The van der Waals surface area contributed by atoms with Gasteiger partial charge in [0.2, 0.25) is 5.91 Å². The molecule has 0 bridgehead atoms. The van der Waals surface area contributed by atoms with E-state index in [0.717, 1.165) is 27.8 Å². The Hall–Kier alpha value is -3.12. The third-order valence-corrected chi connectivity index (χ3v) is 7.51. The minimum absolute atomic E-state index is 0.159.